The minimum atomic E-state index is -3.10. The van der Waals surface area contributed by atoms with Crippen LogP contribution in [0.5, 0.6) is 0 Å². The van der Waals surface area contributed by atoms with E-state index in [4.69, 9.17) is 0 Å². The van der Waals surface area contributed by atoms with Crippen LogP contribution in [0.15, 0.2) is 237 Å². The Morgan fingerprint density at radius 1 is 0.250 bits per heavy atom. The van der Waals surface area contributed by atoms with E-state index in [-0.39, 0.29) is 0 Å². The van der Waals surface area contributed by atoms with Crippen LogP contribution in [0.25, 0.3) is 87.6 Å². The lowest BCUT2D eigenvalue weighted by atomic mass is 9.83. The molecule has 0 amide bonds. The molecule has 2 heteroatoms. The largest absolute Gasteiger partial charge is 0.309 e. The van der Waals surface area contributed by atoms with E-state index < -0.39 is 7.14 Å². The molecule has 0 bridgehead atoms. The summed E-state index contributed by atoms with van der Waals surface area (Å²) in [5.74, 6) is 0. The molecule has 0 aliphatic rings. The number of benzene rings is 11. The maximum atomic E-state index is 15.2. The van der Waals surface area contributed by atoms with Gasteiger partial charge in [0, 0.05) is 15.9 Å². The molecule has 60 heavy (non-hydrogen) atoms. The first-order chi connectivity index (χ1) is 29.6. The van der Waals surface area contributed by atoms with Crippen LogP contribution in [0.4, 0.5) is 0 Å². The summed E-state index contributed by atoms with van der Waals surface area (Å²) in [6.45, 7) is 0. The highest BCUT2D eigenvalue weighted by Crippen LogP contribution is 2.47. The molecule has 0 aliphatic heterocycles. The Bertz CT molecular complexity index is 3380. The summed E-state index contributed by atoms with van der Waals surface area (Å²) in [6.07, 6.45) is 0. The maximum Gasteiger partial charge on any atom is 0.171 e. The molecule has 0 unspecified atom stereocenters. The first-order valence-electron chi connectivity index (χ1n) is 20.5. The molecule has 0 N–H and O–H groups in total. The van der Waals surface area contributed by atoms with E-state index in [1.165, 1.54) is 65.7 Å². The van der Waals surface area contributed by atoms with Gasteiger partial charge >= 0.3 is 0 Å². The summed E-state index contributed by atoms with van der Waals surface area (Å²) in [4.78, 5) is 0. The molecular formula is C58H39OP. The highest BCUT2D eigenvalue weighted by Gasteiger charge is 2.29. The standard InChI is InChI=1S/C58H39OP/c59-60(48-19-6-2-7-20-48,49-21-8-3-9-22-49)50-35-33-45-37-44(31-32-46(45)38-50)47-34-36-55-56(39-47)58(52-26-14-18-42-17-10-11-23-51(42)52)54-25-13-12-24-53(54)57(55)43-29-27-41(28-30-43)40-15-4-1-5-16-40/h1-39H. The fourth-order valence-corrected chi connectivity index (χ4v) is 11.9. The van der Waals surface area contributed by atoms with Gasteiger partial charge in [-0.3, -0.25) is 0 Å². The van der Waals surface area contributed by atoms with E-state index in [2.05, 4.69) is 176 Å². The molecule has 0 fully saturated rings. The van der Waals surface area contributed by atoms with Crippen LogP contribution in [0.1, 0.15) is 0 Å². The summed E-state index contributed by atoms with van der Waals surface area (Å²) >= 11 is 0. The van der Waals surface area contributed by atoms with Gasteiger partial charge in [-0.1, -0.05) is 218 Å². The molecule has 0 saturated heterocycles. The van der Waals surface area contributed by atoms with Crippen molar-refractivity contribution in [1.29, 1.82) is 0 Å². The smallest absolute Gasteiger partial charge is 0.171 e. The Morgan fingerprint density at radius 3 is 1.45 bits per heavy atom. The van der Waals surface area contributed by atoms with Crippen LogP contribution in [0.2, 0.25) is 0 Å². The average Bonchev–Trinajstić information content (AvgIpc) is 3.33. The Balaban J connectivity index is 1.10. The second kappa shape index (κ2) is 14.8. The number of fused-ring (bicyclic) bond motifs is 4. The lowest BCUT2D eigenvalue weighted by Gasteiger charge is -2.21. The molecule has 0 spiro atoms. The number of hydrogen-bond donors (Lipinski definition) is 0. The summed E-state index contributed by atoms with van der Waals surface area (Å²) in [5.41, 5.74) is 9.60. The van der Waals surface area contributed by atoms with Crippen molar-refractivity contribution in [3.63, 3.8) is 0 Å². The van der Waals surface area contributed by atoms with Crippen molar-refractivity contribution in [2.75, 3.05) is 0 Å². The van der Waals surface area contributed by atoms with Crippen molar-refractivity contribution in [3.05, 3.63) is 237 Å². The van der Waals surface area contributed by atoms with Crippen LogP contribution >= 0.6 is 7.14 Å². The van der Waals surface area contributed by atoms with E-state index in [1.807, 2.05) is 60.7 Å². The van der Waals surface area contributed by atoms with Gasteiger partial charge in [0.1, 0.15) is 0 Å². The summed E-state index contributed by atoms with van der Waals surface area (Å²) < 4.78 is 15.2. The van der Waals surface area contributed by atoms with Gasteiger partial charge in [0.05, 0.1) is 0 Å². The van der Waals surface area contributed by atoms with E-state index in [9.17, 15) is 0 Å². The molecule has 1 nitrogen and oxygen atoms in total. The third-order valence-corrected chi connectivity index (χ3v) is 15.2. The molecule has 0 heterocycles. The third-order valence-electron chi connectivity index (χ3n) is 12.1. The van der Waals surface area contributed by atoms with Crippen LogP contribution in [0, 0.1) is 0 Å². The van der Waals surface area contributed by atoms with Crippen LogP contribution < -0.4 is 15.9 Å². The zero-order valence-corrected chi connectivity index (χ0v) is 33.8. The summed E-state index contributed by atoms with van der Waals surface area (Å²) in [5, 5.41) is 12.0. The van der Waals surface area contributed by atoms with Gasteiger partial charge < -0.3 is 4.57 Å². The van der Waals surface area contributed by atoms with Gasteiger partial charge in [0.25, 0.3) is 0 Å². The molecular weight excluding hydrogens is 744 g/mol. The van der Waals surface area contributed by atoms with Gasteiger partial charge in [-0.15, -0.1) is 0 Å². The molecule has 0 radical (unpaired) electrons. The molecule has 0 aromatic heterocycles. The average molecular weight is 783 g/mol. The van der Waals surface area contributed by atoms with Crippen molar-refractivity contribution in [2.24, 2.45) is 0 Å². The molecule has 282 valence electrons. The zero-order chi connectivity index (χ0) is 40.0. The maximum absolute atomic E-state index is 15.2. The summed E-state index contributed by atoms with van der Waals surface area (Å²) in [6, 6.07) is 83.7. The molecule has 0 aliphatic carbocycles. The molecule has 11 aromatic carbocycles. The monoisotopic (exact) mass is 782 g/mol. The molecule has 0 atom stereocenters. The second-order valence-corrected chi connectivity index (χ2v) is 18.3. The first kappa shape index (κ1) is 35.8. The van der Waals surface area contributed by atoms with Crippen molar-refractivity contribution >= 4 is 66.1 Å². The minimum absolute atomic E-state index is 0.835. The Hall–Kier alpha value is -7.31. The highest BCUT2D eigenvalue weighted by molar-refractivity contribution is 7.85. The molecule has 11 aromatic rings. The van der Waals surface area contributed by atoms with Crippen molar-refractivity contribution in [3.8, 4) is 44.5 Å². The number of rotatable bonds is 7. The van der Waals surface area contributed by atoms with Gasteiger partial charge in [-0.05, 0) is 106 Å². The normalized spacial score (nSPS) is 11.7. The van der Waals surface area contributed by atoms with Crippen LogP contribution in [-0.4, -0.2) is 0 Å². The quantitative estimate of drug-likeness (QED) is 0.116. The predicted octanol–water partition coefficient (Wildman–Crippen LogP) is 14.6. The molecule has 0 saturated carbocycles. The predicted molar refractivity (Wildman–Crippen MR) is 258 cm³/mol. The lowest BCUT2D eigenvalue weighted by molar-refractivity contribution is 0.592. The Kier molecular flexibility index (Phi) is 8.84. The van der Waals surface area contributed by atoms with Gasteiger partial charge in [-0.2, -0.15) is 0 Å². The second-order valence-electron chi connectivity index (χ2n) is 15.6. The van der Waals surface area contributed by atoms with Crippen molar-refractivity contribution in [2.45, 2.75) is 0 Å². The van der Waals surface area contributed by atoms with Crippen LogP contribution in [0.3, 0.4) is 0 Å². The minimum Gasteiger partial charge on any atom is -0.309 e. The van der Waals surface area contributed by atoms with Gasteiger partial charge in [0.15, 0.2) is 7.14 Å². The van der Waals surface area contributed by atoms with E-state index in [0.29, 0.717) is 0 Å². The highest BCUT2D eigenvalue weighted by atomic mass is 31.2. The topological polar surface area (TPSA) is 17.1 Å². The molecule has 11 rings (SSSR count). The SMILES string of the molecule is O=P(c1ccccc1)(c1ccccc1)c1ccc2cc(-c3ccc4c(-c5ccc(-c6ccccc6)cc5)c5ccccc5c(-c5cccc6ccccc56)c4c3)ccc2c1. The fourth-order valence-electron chi connectivity index (χ4n) is 9.19. The first-order valence-corrected chi connectivity index (χ1v) is 22.2. The van der Waals surface area contributed by atoms with Gasteiger partial charge in [0.2, 0.25) is 0 Å². The fraction of sp³-hybridized carbons (Fsp3) is 0. The Labute approximate surface area is 350 Å². The number of hydrogen-bond acceptors (Lipinski definition) is 1. The van der Waals surface area contributed by atoms with Crippen molar-refractivity contribution < 1.29 is 4.57 Å². The van der Waals surface area contributed by atoms with Crippen LogP contribution in [-0.2, 0) is 4.57 Å². The van der Waals surface area contributed by atoms with Crippen molar-refractivity contribution in [1.82, 2.24) is 0 Å². The zero-order valence-electron chi connectivity index (χ0n) is 32.9. The van der Waals surface area contributed by atoms with E-state index >= 15 is 4.57 Å². The lowest BCUT2D eigenvalue weighted by Crippen LogP contribution is -2.24. The third kappa shape index (κ3) is 6.06. The van der Waals surface area contributed by atoms with Gasteiger partial charge in [-0.25, -0.2) is 0 Å². The summed E-state index contributed by atoms with van der Waals surface area (Å²) in [7, 11) is -3.10. The van der Waals surface area contributed by atoms with E-state index in [1.54, 1.807) is 0 Å². The van der Waals surface area contributed by atoms with E-state index in [0.717, 1.165) is 37.8 Å². The Morgan fingerprint density at radius 2 is 0.733 bits per heavy atom.